The van der Waals surface area contributed by atoms with Crippen LogP contribution in [0.5, 0.6) is 0 Å². The van der Waals surface area contributed by atoms with Gasteiger partial charge in [0.2, 0.25) is 11.2 Å². The number of alkyl halides is 12. The highest BCUT2D eigenvalue weighted by atomic mass is 35.5. The van der Waals surface area contributed by atoms with Crippen molar-refractivity contribution in [3.63, 3.8) is 0 Å². The summed E-state index contributed by atoms with van der Waals surface area (Å²) in [7, 11) is 0. The third-order valence-electron chi connectivity index (χ3n) is 2.31. The van der Waals surface area contributed by atoms with Gasteiger partial charge in [-0.1, -0.05) is 0 Å². The summed E-state index contributed by atoms with van der Waals surface area (Å²) in [5, 5.41) is -2.64. The Morgan fingerprint density at radius 1 is 0.565 bits per heavy atom. The lowest BCUT2D eigenvalue weighted by atomic mass is 10.0. The zero-order valence-corrected chi connectivity index (χ0v) is 13.1. The fourth-order valence-corrected chi connectivity index (χ4v) is 1.72. The smallest absolute Gasteiger partial charge is 0.361 e. The molecule has 0 heterocycles. The number of aliphatic hydroxyl groups is 2. The van der Waals surface area contributed by atoms with Gasteiger partial charge in [0, 0.05) is 12.2 Å². The summed E-state index contributed by atoms with van der Waals surface area (Å²) in [4.78, 5) is 0. The maximum Gasteiger partial charge on any atom is 0.361 e. The average molecular weight is 438 g/mol. The second kappa shape index (κ2) is 6.40. The molecule has 0 amide bonds. The fraction of sp³-hybridized carbons (Fsp3) is 0.667. The lowest BCUT2D eigenvalue weighted by molar-refractivity contribution is -0.189. The van der Waals surface area contributed by atoms with E-state index in [1.165, 1.54) is 0 Å². The van der Waals surface area contributed by atoms with Gasteiger partial charge in [0.25, 0.3) is 0 Å². The largest absolute Gasteiger partial charge is 0.372 e. The van der Waals surface area contributed by atoms with Crippen LogP contribution in [0.15, 0.2) is 17.9 Å². The van der Waals surface area contributed by atoms with Crippen molar-refractivity contribution in [2.24, 2.45) is 0 Å². The minimum atomic E-state index is -5.19. The summed E-state index contributed by atoms with van der Waals surface area (Å²) in [6.07, 6.45) is -1.63. The molecule has 0 saturated heterocycles. The van der Waals surface area contributed by atoms with Gasteiger partial charge in [0.05, 0.1) is 0 Å². The zero-order valence-electron chi connectivity index (χ0n) is 10.1. The molecule has 0 saturated carbocycles. The monoisotopic (exact) mass is 436 g/mol. The van der Waals surface area contributed by atoms with Crippen LogP contribution in [0.4, 0.5) is 35.1 Å². The topological polar surface area (TPSA) is 40.5 Å². The van der Waals surface area contributed by atoms with Gasteiger partial charge in [0.15, 0.2) is 0 Å². The van der Waals surface area contributed by atoms with Gasteiger partial charge in [-0.3, -0.25) is 0 Å². The molecular formula is C9H4Cl4F8O2. The quantitative estimate of drug-likeness (QED) is 0.365. The van der Waals surface area contributed by atoms with Crippen molar-refractivity contribution >= 4 is 46.4 Å². The van der Waals surface area contributed by atoms with Crippen LogP contribution in [0.25, 0.3) is 0 Å². The van der Waals surface area contributed by atoms with E-state index in [2.05, 4.69) is 46.4 Å². The second-order valence-corrected chi connectivity index (χ2v) is 5.88. The molecular weight excluding hydrogens is 434 g/mol. The van der Waals surface area contributed by atoms with Crippen LogP contribution in [0.1, 0.15) is 0 Å². The predicted molar refractivity (Wildman–Crippen MR) is 65.8 cm³/mol. The molecule has 0 aromatic carbocycles. The molecule has 0 fully saturated rings. The third-order valence-corrected chi connectivity index (χ3v) is 3.47. The highest BCUT2D eigenvalue weighted by Crippen LogP contribution is 2.48. The number of halogens is 12. The van der Waals surface area contributed by atoms with E-state index in [0.717, 1.165) is 5.73 Å². The lowest BCUT2D eigenvalue weighted by Crippen LogP contribution is -2.55. The van der Waals surface area contributed by atoms with E-state index in [4.69, 9.17) is 10.2 Å². The normalized spacial score (nSPS) is 15.2. The lowest BCUT2D eigenvalue weighted by Gasteiger charge is -2.32. The molecule has 23 heavy (non-hydrogen) atoms. The molecule has 0 aliphatic rings. The maximum atomic E-state index is 12.8. The molecule has 0 rings (SSSR count). The standard InChI is InChI=1S/C9H4Cl4F8O2/c10-6(14,15)4(22,7(11,16)17)2-1-3-5(23,8(12,18)19)9(13,20)21/h2-3,22-23H. The summed E-state index contributed by atoms with van der Waals surface area (Å²) in [5.41, 5.74) is -8.61. The molecule has 0 aromatic heterocycles. The molecule has 2 nitrogen and oxygen atoms in total. The Morgan fingerprint density at radius 2 is 0.739 bits per heavy atom. The fourth-order valence-electron chi connectivity index (χ4n) is 0.932. The molecule has 0 aliphatic heterocycles. The third kappa shape index (κ3) is 4.56. The average Bonchev–Trinajstić information content (AvgIpc) is 2.22. The molecule has 2 N–H and O–H groups in total. The van der Waals surface area contributed by atoms with Crippen molar-refractivity contribution < 1.29 is 45.3 Å². The summed E-state index contributed by atoms with van der Waals surface area (Å²) in [5.74, 6) is 0. The van der Waals surface area contributed by atoms with Gasteiger partial charge in [0.1, 0.15) is 0 Å². The molecule has 0 aromatic rings. The number of hydrogen-bond acceptors (Lipinski definition) is 2. The van der Waals surface area contributed by atoms with E-state index >= 15 is 0 Å². The van der Waals surface area contributed by atoms with Crippen molar-refractivity contribution in [1.82, 2.24) is 0 Å². The van der Waals surface area contributed by atoms with Crippen molar-refractivity contribution in [2.45, 2.75) is 32.7 Å². The Kier molecular flexibility index (Phi) is 6.41. The molecule has 136 valence electrons. The van der Waals surface area contributed by atoms with Crippen molar-refractivity contribution in [1.29, 1.82) is 0 Å². The molecule has 0 atom stereocenters. The molecule has 0 aliphatic carbocycles. The van der Waals surface area contributed by atoms with Gasteiger partial charge < -0.3 is 10.2 Å². The van der Waals surface area contributed by atoms with Gasteiger partial charge in [-0.25, -0.2) is 0 Å². The first kappa shape index (κ1) is 23.0. The van der Waals surface area contributed by atoms with Crippen LogP contribution < -0.4 is 0 Å². The second-order valence-electron chi connectivity index (χ2n) is 3.98. The molecule has 0 radical (unpaired) electrons. The first-order valence-corrected chi connectivity index (χ1v) is 6.38. The summed E-state index contributed by atoms with van der Waals surface area (Å²) in [6.45, 7) is 0. The van der Waals surface area contributed by atoms with Crippen LogP contribution in [0.2, 0.25) is 0 Å². The molecule has 0 bridgehead atoms. The summed E-state index contributed by atoms with van der Waals surface area (Å²) < 4.78 is 102. The van der Waals surface area contributed by atoms with E-state index in [0.29, 0.717) is 0 Å². The molecule has 14 heteroatoms. The summed E-state index contributed by atoms with van der Waals surface area (Å²) >= 11 is 16.8. The van der Waals surface area contributed by atoms with Crippen molar-refractivity contribution in [3.8, 4) is 0 Å². The Morgan fingerprint density at radius 3 is 0.870 bits per heavy atom. The van der Waals surface area contributed by atoms with Crippen LogP contribution in [-0.2, 0) is 0 Å². The highest BCUT2D eigenvalue weighted by molar-refractivity contribution is 6.27. The van der Waals surface area contributed by atoms with Gasteiger partial charge in [-0.2, -0.15) is 35.1 Å². The van der Waals surface area contributed by atoms with Gasteiger partial charge >= 0.3 is 21.5 Å². The predicted octanol–water partition coefficient (Wildman–Crippen LogP) is 4.49. The van der Waals surface area contributed by atoms with Crippen LogP contribution in [-0.4, -0.2) is 42.9 Å². The SMILES string of the molecule is OC(C=C=CC(O)(C(F)(F)Cl)C(F)(F)Cl)(C(F)(F)Cl)C(F)(F)Cl. The van der Waals surface area contributed by atoms with E-state index in [9.17, 15) is 35.1 Å². The maximum absolute atomic E-state index is 12.8. The first-order chi connectivity index (χ1) is 9.71. The van der Waals surface area contributed by atoms with Gasteiger partial charge in [-0.15, -0.1) is 5.73 Å². The minimum absolute atomic E-state index is 0.816. The van der Waals surface area contributed by atoms with Crippen LogP contribution in [0, 0.1) is 0 Å². The van der Waals surface area contributed by atoms with Crippen LogP contribution in [0.3, 0.4) is 0 Å². The Hall–Kier alpha value is 0.0400. The number of rotatable bonds is 6. The van der Waals surface area contributed by atoms with E-state index in [1.54, 1.807) is 0 Å². The zero-order chi connectivity index (χ0) is 19.1. The van der Waals surface area contributed by atoms with Crippen LogP contribution >= 0.6 is 46.4 Å². The Labute approximate surface area is 142 Å². The van der Waals surface area contributed by atoms with E-state index < -0.39 is 44.9 Å². The van der Waals surface area contributed by atoms with Crippen molar-refractivity contribution in [2.75, 3.05) is 0 Å². The summed E-state index contributed by atoms with van der Waals surface area (Å²) in [6, 6.07) is 0. The Balaban J connectivity index is 6.19. The minimum Gasteiger partial charge on any atom is -0.372 e. The number of hydrogen-bond donors (Lipinski definition) is 2. The highest BCUT2D eigenvalue weighted by Gasteiger charge is 2.67. The Bertz CT molecular complexity index is 426. The molecule has 0 spiro atoms. The van der Waals surface area contributed by atoms with Gasteiger partial charge in [-0.05, 0) is 46.4 Å². The van der Waals surface area contributed by atoms with Crippen molar-refractivity contribution in [3.05, 3.63) is 17.9 Å². The first-order valence-electron chi connectivity index (χ1n) is 4.87. The van der Waals surface area contributed by atoms with E-state index in [1.807, 2.05) is 0 Å². The van der Waals surface area contributed by atoms with E-state index in [-0.39, 0.29) is 0 Å². The molecule has 0 unspecified atom stereocenters.